The summed E-state index contributed by atoms with van der Waals surface area (Å²) < 4.78 is 25.1. The molecule has 1 fully saturated rings. The predicted molar refractivity (Wildman–Crippen MR) is 80.9 cm³/mol. The Balaban J connectivity index is 1.90. The molecule has 1 amide bonds. The minimum Gasteiger partial charge on any atom is -0.488 e. The number of carbonyl (C=O) groups excluding carboxylic acids is 1. The fraction of sp³-hybridized carbons (Fsp3) is 0.533. The van der Waals surface area contributed by atoms with Crippen molar-refractivity contribution in [3.05, 3.63) is 28.5 Å². The van der Waals surface area contributed by atoms with Crippen LogP contribution in [0.4, 0.5) is 9.18 Å². The number of nitrogens with one attached hydrogen (secondary N) is 1. The van der Waals surface area contributed by atoms with E-state index >= 15 is 0 Å². The number of carbonyl (C=O) groups is 1. The second kappa shape index (κ2) is 5.83. The van der Waals surface area contributed by atoms with Gasteiger partial charge < -0.3 is 14.8 Å². The minimum atomic E-state index is -0.544. The molecule has 0 bridgehead atoms. The molecule has 1 saturated carbocycles. The molecule has 0 aliphatic heterocycles. The first-order chi connectivity index (χ1) is 9.69. The van der Waals surface area contributed by atoms with Gasteiger partial charge in [-0.2, -0.15) is 0 Å². The molecule has 0 spiro atoms. The van der Waals surface area contributed by atoms with Crippen LogP contribution >= 0.6 is 15.9 Å². The van der Waals surface area contributed by atoms with Gasteiger partial charge in [-0.1, -0.05) is 15.9 Å². The predicted octanol–water partition coefficient (Wildman–Crippen LogP) is 4.02. The Hall–Kier alpha value is -1.30. The average molecular weight is 360 g/mol. The molecular formula is C15H19BrFNO3. The van der Waals surface area contributed by atoms with E-state index in [1.807, 2.05) is 0 Å². The van der Waals surface area contributed by atoms with Gasteiger partial charge in [-0.05, 0) is 51.8 Å². The molecule has 2 rings (SSSR count). The number of hydrogen-bond donors (Lipinski definition) is 1. The number of amides is 1. The highest BCUT2D eigenvalue weighted by molar-refractivity contribution is 9.10. The van der Waals surface area contributed by atoms with Gasteiger partial charge in [-0.15, -0.1) is 0 Å². The maximum atomic E-state index is 13.6. The summed E-state index contributed by atoms with van der Waals surface area (Å²) in [7, 11) is 0. The van der Waals surface area contributed by atoms with Gasteiger partial charge in [0.05, 0.1) is 5.54 Å². The molecule has 1 aromatic carbocycles. The number of benzene rings is 1. The van der Waals surface area contributed by atoms with Gasteiger partial charge in [0, 0.05) is 4.47 Å². The lowest BCUT2D eigenvalue weighted by atomic mass is 10.2. The van der Waals surface area contributed by atoms with Crippen LogP contribution in [0.5, 0.6) is 5.75 Å². The quantitative estimate of drug-likeness (QED) is 0.882. The van der Waals surface area contributed by atoms with Crippen molar-refractivity contribution in [1.82, 2.24) is 5.32 Å². The first-order valence-electron chi connectivity index (χ1n) is 6.78. The summed E-state index contributed by atoms with van der Waals surface area (Å²) in [5.74, 6) is -0.257. The smallest absolute Gasteiger partial charge is 0.408 e. The molecule has 0 heterocycles. The second-order valence-electron chi connectivity index (χ2n) is 6.27. The molecule has 0 aromatic heterocycles. The van der Waals surface area contributed by atoms with Crippen LogP contribution in [0.3, 0.4) is 0 Å². The van der Waals surface area contributed by atoms with E-state index in [9.17, 15) is 9.18 Å². The summed E-state index contributed by atoms with van der Waals surface area (Å²) in [6.45, 7) is 5.64. The third kappa shape index (κ3) is 4.88. The standard InChI is InChI=1S/C15H19BrFNO3/c1-14(2,3)21-13(19)18-15(6-7-15)9-20-12-8-10(16)4-5-11(12)17/h4-5,8H,6-7,9H2,1-3H3,(H,18,19). The van der Waals surface area contributed by atoms with Crippen molar-refractivity contribution < 1.29 is 18.7 Å². The Bertz CT molecular complexity index is 538. The number of ether oxygens (including phenoxy) is 2. The lowest BCUT2D eigenvalue weighted by molar-refractivity contribution is 0.0476. The largest absolute Gasteiger partial charge is 0.488 e. The lowest BCUT2D eigenvalue weighted by Gasteiger charge is -2.23. The molecule has 1 N–H and O–H groups in total. The van der Waals surface area contributed by atoms with Gasteiger partial charge >= 0.3 is 6.09 Å². The van der Waals surface area contributed by atoms with E-state index in [1.165, 1.54) is 6.07 Å². The molecule has 116 valence electrons. The average Bonchev–Trinajstić information content (AvgIpc) is 3.08. The van der Waals surface area contributed by atoms with Gasteiger partial charge in [0.2, 0.25) is 0 Å². The summed E-state index contributed by atoms with van der Waals surface area (Å²) in [6, 6.07) is 4.51. The molecule has 0 saturated heterocycles. The number of halogens is 2. The molecule has 0 radical (unpaired) electrons. The van der Waals surface area contributed by atoms with Crippen molar-refractivity contribution in [1.29, 1.82) is 0 Å². The topological polar surface area (TPSA) is 47.6 Å². The Morgan fingerprint density at radius 3 is 2.67 bits per heavy atom. The Kier molecular flexibility index (Phi) is 4.46. The molecule has 6 heteroatoms. The number of hydrogen-bond acceptors (Lipinski definition) is 3. The molecule has 1 aliphatic carbocycles. The molecule has 0 atom stereocenters. The van der Waals surface area contributed by atoms with Gasteiger partial charge in [0.15, 0.2) is 11.6 Å². The number of rotatable bonds is 4. The SMILES string of the molecule is CC(C)(C)OC(=O)NC1(COc2cc(Br)ccc2F)CC1. The van der Waals surface area contributed by atoms with Gasteiger partial charge in [-0.3, -0.25) is 0 Å². The van der Waals surface area contributed by atoms with Gasteiger partial charge in [0.1, 0.15) is 12.2 Å². The highest BCUT2D eigenvalue weighted by Gasteiger charge is 2.46. The summed E-state index contributed by atoms with van der Waals surface area (Å²) in [5.41, 5.74) is -0.992. The van der Waals surface area contributed by atoms with E-state index in [1.54, 1.807) is 32.9 Å². The Morgan fingerprint density at radius 2 is 2.10 bits per heavy atom. The van der Waals surface area contributed by atoms with Crippen molar-refractivity contribution in [2.75, 3.05) is 6.61 Å². The summed E-state index contributed by atoms with van der Waals surface area (Å²) in [4.78, 5) is 11.8. The van der Waals surface area contributed by atoms with Crippen LogP contribution in [0.15, 0.2) is 22.7 Å². The van der Waals surface area contributed by atoms with Crippen LogP contribution in [0, 0.1) is 5.82 Å². The monoisotopic (exact) mass is 359 g/mol. The first kappa shape index (κ1) is 16.1. The van der Waals surface area contributed by atoms with E-state index in [2.05, 4.69) is 21.2 Å². The van der Waals surface area contributed by atoms with E-state index in [-0.39, 0.29) is 12.4 Å². The molecule has 21 heavy (non-hydrogen) atoms. The summed E-state index contributed by atoms with van der Waals surface area (Å²) >= 11 is 3.27. The van der Waals surface area contributed by atoms with E-state index in [4.69, 9.17) is 9.47 Å². The number of alkyl carbamates (subject to hydrolysis) is 1. The van der Waals surface area contributed by atoms with Crippen molar-refractivity contribution in [3.8, 4) is 5.75 Å². The molecule has 1 aliphatic rings. The van der Waals surface area contributed by atoms with Gasteiger partial charge in [-0.25, -0.2) is 9.18 Å². The highest BCUT2D eigenvalue weighted by Crippen LogP contribution is 2.36. The van der Waals surface area contributed by atoms with Crippen LogP contribution in [0.1, 0.15) is 33.6 Å². The minimum absolute atomic E-state index is 0.168. The van der Waals surface area contributed by atoms with Crippen LogP contribution in [0.2, 0.25) is 0 Å². The molecule has 1 aromatic rings. The van der Waals surface area contributed by atoms with Crippen molar-refractivity contribution in [2.45, 2.75) is 44.8 Å². The fourth-order valence-corrected chi connectivity index (χ4v) is 2.12. The normalized spacial score (nSPS) is 16.2. The fourth-order valence-electron chi connectivity index (χ4n) is 1.78. The zero-order chi connectivity index (χ0) is 15.7. The Morgan fingerprint density at radius 1 is 1.43 bits per heavy atom. The third-order valence-corrected chi connectivity index (χ3v) is 3.51. The lowest BCUT2D eigenvalue weighted by Crippen LogP contribution is -2.44. The Labute approximate surface area is 132 Å². The van der Waals surface area contributed by atoms with Gasteiger partial charge in [0.25, 0.3) is 0 Å². The van der Waals surface area contributed by atoms with Crippen molar-refractivity contribution in [3.63, 3.8) is 0 Å². The molecule has 0 unspecified atom stereocenters. The third-order valence-electron chi connectivity index (χ3n) is 3.02. The zero-order valence-corrected chi connectivity index (χ0v) is 13.9. The van der Waals surface area contributed by atoms with Crippen LogP contribution < -0.4 is 10.1 Å². The van der Waals surface area contributed by atoms with Crippen LogP contribution in [0.25, 0.3) is 0 Å². The van der Waals surface area contributed by atoms with E-state index < -0.39 is 23.1 Å². The second-order valence-corrected chi connectivity index (χ2v) is 7.19. The van der Waals surface area contributed by atoms with Crippen molar-refractivity contribution in [2.24, 2.45) is 0 Å². The van der Waals surface area contributed by atoms with E-state index in [0.29, 0.717) is 0 Å². The summed E-state index contributed by atoms with van der Waals surface area (Å²) in [6.07, 6.45) is 1.11. The maximum absolute atomic E-state index is 13.6. The van der Waals surface area contributed by atoms with Crippen LogP contribution in [-0.4, -0.2) is 23.8 Å². The zero-order valence-electron chi connectivity index (χ0n) is 12.3. The molecule has 4 nitrogen and oxygen atoms in total. The van der Waals surface area contributed by atoms with E-state index in [0.717, 1.165) is 17.3 Å². The summed E-state index contributed by atoms with van der Waals surface area (Å²) in [5, 5.41) is 2.81. The van der Waals surface area contributed by atoms with Crippen LogP contribution in [-0.2, 0) is 4.74 Å². The maximum Gasteiger partial charge on any atom is 0.408 e. The van der Waals surface area contributed by atoms with Crippen molar-refractivity contribution >= 4 is 22.0 Å². The molecular weight excluding hydrogens is 341 g/mol. The highest BCUT2D eigenvalue weighted by atomic mass is 79.9. The first-order valence-corrected chi connectivity index (χ1v) is 7.57.